The molecule has 2 unspecified atom stereocenters. The fraction of sp³-hybridized carbons (Fsp3) is 0.300. The predicted octanol–water partition coefficient (Wildman–Crippen LogP) is 2.61. The normalized spacial score (nSPS) is 23.4. The van der Waals surface area contributed by atoms with Crippen molar-refractivity contribution in [2.75, 3.05) is 13.1 Å². The zero-order valence-corrected chi connectivity index (χ0v) is 15.4. The number of nitrogens with zero attached hydrogens (tertiary/aromatic N) is 4. The van der Waals surface area contributed by atoms with Gasteiger partial charge in [0.05, 0.1) is 23.4 Å². The molecule has 2 N–H and O–H groups in total. The van der Waals surface area contributed by atoms with Gasteiger partial charge >= 0.3 is 0 Å². The summed E-state index contributed by atoms with van der Waals surface area (Å²) < 4.78 is 0. The van der Waals surface area contributed by atoms with E-state index in [9.17, 15) is 20.6 Å². The Hall–Kier alpha value is -3.27. The maximum Gasteiger partial charge on any atom is 0.219 e. The minimum absolute atomic E-state index is 0.0568. The molecular formula is C20H16ClN5O. The van der Waals surface area contributed by atoms with Crippen LogP contribution in [0.5, 0.6) is 0 Å². The number of fused-ring (bicyclic) bond motifs is 1. The Morgan fingerprint density at radius 2 is 1.96 bits per heavy atom. The Labute approximate surface area is 162 Å². The first-order valence-electron chi connectivity index (χ1n) is 8.34. The largest absolute Gasteiger partial charge is 0.399 e. The van der Waals surface area contributed by atoms with E-state index in [0.717, 1.165) is 0 Å². The summed E-state index contributed by atoms with van der Waals surface area (Å²) in [5.41, 5.74) is 5.82. The summed E-state index contributed by atoms with van der Waals surface area (Å²) in [7, 11) is 0. The molecular weight excluding hydrogens is 362 g/mol. The minimum Gasteiger partial charge on any atom is -0.399 e. The number of halogens is 1. The third-order valence-electron chi connectivity index (χ3n) is 5.35. The maximum absolute atomic E-state index is 11.9. The van der Waals surface area contributed by atoms with E-state index in [4.69, 9.17) is 17.3 Å². The van der Waals surface area contributed by atoms with E-state index in [-0.39, 0.29) is 23.7 Å². The van der Waals surface area contributed by atoms with Crippen molar-refractivity contribution in [3.8, 4) is 18.2 Å². The molecule has 27 heavy (non-hydrogen) atoms. The Morgan fingerprint density at radius 3 is 2.52 bits per heavy atom. The monoisotopic (exact) mass is 377 g/mol. The SMILES string of the molecule is CC(=O)N1CC=C2C(C#N)=C(N)C(C#N)(C#N)C(c3ccccc3Cl)C2C1. The second-order valence-corrected chi connectivity index (χ2v) is 7.03. The molecule has 1 aliphatic carbocycles. The van der Waals surface area contributed by atoms with E-state index in [2.05, 4.69) is 6.07 Å². The van der Waals surface area contributed by atoms with E-state index in [0.29, 0.717) is 22.7 Å². The Morgan fingerprint density at radius 1 is 1.30 bits per heavy atom. The summed E-state index contributed by atoms with van der Waals surface area (Å²) in [5, 5.41) is 30.0. The minimum atomic E-state index is -1.75. The van der Waals surface area contributed by atoms with Crippen LogP contribution in [0.15, 0.2) is 47.2 Å². The van der Waals surface area contributed by atoms with Gasteiger partial charge in [-0.25, -0.2) is 0 Å². The van der Waals surface area contributed by atoms with Gasteiger partial charge in [0.1, 0.15) is 6.07 Å². The highest BCUT2D eigenvalue weighted by Gasteiger charge is 2.55. The first-order chi connectivity index (χ1) is 12.9. The fourth-order valence-electron chi connectivity index (χ4n) is 4.01. The molecule has 6 nitrogen and oxygen atoms in total. The molecule has 0 aromatic heterocycles. The van der Waals surface area contributed by atoms with Crippen LogP contribution in [-0.4, -0.2) is 23.9 Å². The second kappa shape index (κ2) is 6.80. The van der Waals surface area contributed by atoms with Crippen molar-refractivity contribution in [3.63, 3.8) is 0 Å². The number of carbonyl (C=O) groups is 1. The predicted molar refractivity (Wildman–Crippen MR) is 98.5 cm³/mol. The lowest BCUT2D eigenvalue weighted by molar-refractivity contribution is -0.129. The number of nitriles is 3. The molecule has 2 aliphatic rings. The van der Waals surface area contributed by atoms with Gasteiger partial charge in [-0.1, -0.05) is 35.9 Å². The summed E-state index contributed by atoms with van der Waals surface area (Å²) in [6.07, 6.45) is 1.78. The van der Waals surface area contributed by atoms with Crippen molar-refractivity contribution < 1.29 is 4.79 Å². The molecule has 1 aliphatic heterocycles. The van der Waals surface area contributed by atoms with E-state index in [1.54, 1.807) is 35.2 Å². The molecule has 2 atom stereocenters. The molecule has 0 saturated carbocycles. The van der Waals surface area contributed by atoms with Crippen LogP contribution in [0.2, 0.25) is 5.02 Å². The lowest BCUT2D eigenvalue weighted by atomic mass is 9.58. The third kappa shape index (κ3) is 2.65. The number of benzene rings is 1. The van der Waals surface area contributed by atoms with Crippen LogP contribution in [0.3, 0.4) is 0 Å². The van der Waals surface area contributed by atoms with Crippen LogP contribution in [0.25, 0.3) is 0 Å². The second-order valence-electron chi connectivity index (χ2n) is 6.62. The lowest BCUT2D eigenvalue weighted by Crippen LogP contribution is -2.49. The maximum atomic E-state index is 11.9. The Balaban J connectivity index is 2.35. The molecule has 3 rings (SSSR count). The van der Waals surface area contributed by atoms with Crippen LogP contribution < -0.4 is 5.73 Å². The summed E-state index contributed by atoms with van der Waals surface area (Å²) in [5.74, 6) is -1.26. The van der Waals surface area contributed by atoms with Crippen LogP contribution >= 0.6 is 11.6 Å². The number of carbonyl (C=O) groups excluding carboxylic acids is 1. The topological polar surface area (TPSA) is 118 Å². The number of nitrogens with two attached hydrogens (primary N) is 1. The summed E-state index contributed by atoms with van der Waals surface area (Å²) in [4.78, 5) is 13.6. The van der Waals surface area contributed by atoms with Gasteiger partial charge < -0.3 is 10.6 Å². The van der Waals surface area contributed by atoms with Crippen LogP contribution in [-0.2, 0) is 4.79 Å². The van der Waals surface area contributed by atoms with E-state index >= 15 is 0 Å². The van der Waals surface area contributed by atoms with Gasteiger partial charge in [-0.15, -0.1) is 0 Å². The standard InChI is InChI=1S/C20H16ClN5O/c1-12(27)26-7-6-13-15(8-22)19(25)20(10-23,11-24)18(16(13)9-26)14-4-2-3-5-17(14)21/h2-6,16,18H,7,9,25H2,1H3. The van der Waals surface area contributed by atoms with Gasteiger partial charge in [0, 0.05) is 36.9 Å². The smallest absolute Gasteiger partial charge is 0.219 e. The highest BCUT2D eigenvalue weighted by Crippen LogP contribution is 2.55. The summed E-state index contributed by atoms with van der Waals surface area (Å²) in [6, 6.07) is 13.1. The molecule has 0 radical (unpaired) electrons. The molecule has 1 aromatic rings. The number of rotatable bonds is 1. The van der Waals surface area contributed by atoms with Gasteiger partial charge in [0.2, 0.25) is 5.91 Å². The van der Waals surface area contributed by atoms with Crippen molar-refractivity contribution in [2.24, 2.45) is 17.1 Å². The zero-order chi connectivity index (χ0) is 19.8. The van der Waals surface area contributed by atoms with Gasteiger partial charge in [-0.05, 0) is 17.2 Å². The molecule has 1 heterocycles. The molecule has 0 fully saturated rings. The van der Waals surface area contributed by atoms with Gasteiger partial charge in [0.15, 0.2) is 5.41 Å². The first kappa shape index (κ1) is 18.5. The molecule has 1 amide bonds. The lowest BCUT2D eigenvalue weighted by Gasteiger charge is -2.45. The van der Waals surface area contributed by atoms with Crippen molar-refractivity contribution in [2.45, 2.75) is 12.8 Å². The quantitative estimate of drug-likeness (QED) is 0.806. The van der Waals surface area contributed by atoms with E-state index in [1.165, 1.54) is 6.92 Å². The molecule has 134 valence electrons. The number of amides is 1. The van der Waals surface area contributed by atoms with Crippen LogP contribution in [0.1, 0.15) is 18.4 Å². The van der Waals surface area contributed by atoms with Gasteiger partial charge in [-0.3, -0.25) is 4.79 Å². The third-order valence-corrected chi connectivity index (χ3v) is 5.69. The highest BCUT2D eigenvalue weighted by atomic mass is 35.5. The van der Waals surface area contributed by atoms with Gasteiger partial charge in [0.25, 0.3) is 0 Å². The van der Waals surface area contributed by atoms with Gasteiger partial charge in [-0.2, -0.15) is 15.8 Å². The molecule has 1 aromatic carbocycles. The van der Waals surface area contributed by atoms with Crippen LogP contribution in [0, 0.1) is 45.3 Å². The zero-order valence-electron chi connectivity index (χ0n) is 14.6. The van der Waals surface area contributed by atoms with E-state index in [1.807, 2.05) is 12.1 Å². The molecule has 0 bridgehead atoms. The number of hydrogen-bond acceptors (Lipinski definition) is 5. The van der Waals surface area contributed by atoms with Crippen molar-refractivity contribution in [1.82, 2.24) is 4.90 Å². The summed E-state index contributed by atoms with van der Waals surface area (Å²) in [6.45, 7) is 2.09. The first-order valence-corrected chi connectivity index (χ1v) is 8.72. The van der Waals surface area contributed by atoms with E-state index < -0.39 is 17.3 Å². The summed E-state index contributed by atoms with van der Waals surface area (Å²) >= 11 is 6.41. The Bertz CT molecular complexity index is 990. The molecule has 0 spiro atoms. The number of allylic oxidation sites excluding steroid dienone is 2. The Kier molecular flexibility index (Phi) is 4.66. The average Bonchev–Trinajstić information content (AvgIpc) is 2.67. The van der Waals surface area contributed by atoms with Crippen LogP contribution in [0.4, 0.5) is 0 Å². The highest BCUT2D eigenvalue weighted by molar-refractivity contribution is 6.31. The van der Waals surface area contributed by atoms with Crippen molar-refractivity contribution in [3.05, 3.63) is 57.8 Å². The fourth-order valence-corrected chi connectivity index (χ4v) is 4.26. The van der Waals surface area contributed by atoms with Crippen molar-refractivity contribution >= 4 is 17.5 Å². The molecule has 0 saturated heterocycles. The number of hydrogen-bond donors (Lipinski definition) is 1. The average molecular weight is 378 g/mol. The molecule has 7 heteroatoms. The van der Waals surface area contributed by atoms with Crippen molar-refractivity contribution in [1.29, 1.82) is 15.8 Å².